The van der Waals surface area contributed by atoms with Crippen LogP contribution in [0, 0.1) is 12.8 Å². The fraction of sp³-hybridized carbons (Fsp3) is 0.650. The minimum atomic E-state index is 0.442. The summed E-state index contributed by atoms with van der Waals surface area (Å²) in [5, 5.41) is 4.72. The minimum Gasteiger partial charge on any atom is -0.468 e. The lowest BCUT2D eigenvalue weighted by Gasteiger charge is -2.33. The second kappa shape index (κ2) is 8.27. The molecule has 1 fully saturated rings. The van der Waals surface area contributed by atoms with E-state index in [1.54, 1.807) is 6.26 Å². The molecule has 3 rings (SSSR count). The zero-order chi connectivity index (χ0) is 18.7. The van der Waals surface area contributed by atoms with E-state index in [1.165, 1.54) is 11.4 Å². The Morgan fingerprint density at radius 1 is 1.19 bits per heavy atom. The summed E-state index contributed by atoms with van der Waals surface area (Å²) in [7, 11) is 2.05. The normalized spacial score (nSPS) is 16.7. The molecule has 0 aromatic carbocycles. The average Bonchev–Trinajstić information content (AvgIpc) is 3.22. The third-order valence-corrected chi connectivity index (χ3v) is 5.46. The molecule has 1 aliphatic rings. The van der Waals surface area contributed by atoms with E-state index in [1.807, 2.05) is 17.8 Å². The molecule has 1 aliphatic heterocycles. The van der Waals surface area contributed by atoms with Gasteiger partial charge in [0.1, 0.15) is 11.6 Å². The zero-order valence-corrected chi connectivity index (χ0v) is 16.7. The first-order valence-electron chi connectivity index (χ1n) is 9.59. The third-order valence-electron chi connectivity index (χ3n) is 5.46. The van der Waals surface area contributed by atoms with Gasteiger partial charge in [0.2, 0.25) is 0 Å². The Bertz CT molecular complexity index is 687. The Balaban J connectivity index is 1.88. The Morgan fingerprint density at radius 3 is 2.54 bits per heavy atom. The van der Waals surface area contributed by atoms with Crippen LogP contribution >= 0.6 is 0 Å². The number of aromatic nitrogens is 2. The molecule has 1 atom stereocenters. The predicted molar refractivity (Wildman–Crippen MR) is 103 cm³/mol. The Morgan fingerprint density at radius 2 is 1.92 bits per heavy atom. The zero-order valence-electron chi connectivity index (χ0n) is 16.7. The number of nitrogens with zero attached hydrogens (tertiary/aromatic N) is 4. The maximum absolute atomic E-state index is 5.62. The van der Waals surface area contributed by atoms with Crippen LogP contribution in [0.25, 0.3) is 0 Å². The number of furan rings is 1. The summed E-state index contributed by atoms with van der Waals surface area (Å²) in [6.07, 6.45) is 1.75. The molecule has 0 spiro atoms. The van der Waals surface area contributed by atoms with Crippen molar-refractivity contribution in [2.45, 2.75) is 46.8 Å². The smallest absolute Gasteiger partial charge is 0.131 e. The molecule has 26 heavy (non-hydrogen) atoms. The van der Waals surface area contributed by atoms with Gasteiger partial charge in [-0.1, -0.05) is 13.8 Å². The van der Waals surface area contributed by atoms with Crippen LogP contribution in [-0.4, -0.2) is 47.0 Å². The number of anilines is 1. The number of ether oxygens (including phenoxy) is 1. The predicted octanol–water partition coefficient (Wildman–Crippen LogP) is 3.20. The Hall–Kier alpha value is -1.79. The van der Waals surface area contributed by atoms with E-state index in [2.05, 4.69) is 43.6 Å². The van der Waals surface area contributed by atoms with Gasteiger partial charge in [-0.15, -0.1) is 0 Å². The number of morpholine rings is 1. The number of aryl methyl sites for hydroxylation is 2. The fourth-order valence-electron chi connectivity index (χ4n) is 3.62. The van der Waals surface area contributed by atoms with E-state index in [0.29, 0.717) is 12.0 Å². The highest BCUT2D eigenvalue weighted by molar-refractivity contribution is 5.50. The molecule has 0 N–H and O–H groups in total. The molecule has 0 bridgehead atoms. The van der Waals surface area contributed by atoms with Gasteiger partial charge in [0.05, 0.1) is 31.7 Å². The van der Waals surface area contributed by atoms with Crippen LogP contribution in [0.4, 0.5) is 5.82 Å². The minimum absolute atomic E-state index is 0.442. The van der Waals surface area contributed by atoms with Crippen molar-refractivity contribution in [1.82, 2.24) is 14.7 Å². The number of hydrogen-bond donors (Lipinski definition) is 0. The summed E-state index contributed by atoms with van der Waals surface area (Å²) in [5.74, 6) is 2.80. The van der Waals surface area contributed by atoms with Crippen LogP contribution in [0.1, 0.15) is 37.8 Å². The monoisotopic (exact) mass is 360 g/mol. The van der Waals surface area contributed by atoms with Crippen LogP contribution in [0.15, 0.2) is 22.8 Å². The van der Waals surface area contributed by atoms with E-state index >= 15 is 0 Å². The standard InChI is InChI=1S/C20H32N4O2/c1-15(2)17(4)24(13-18-7-6-10-26-18)14-19-16(3)21-22(5)20(19)23-8-11-25-12-9-23/h6-7,10,15,17H,8-9,11-14H2,1-5H3/t17-/m0/s1. The lowest BCUT2D eigenvalue weighted by molar-refractivity contribution is 0.121. The average molecular weight is 361 g/mol. The van der Waals surface area contributed by atoms with E-state index < -0.39 is 0 Å². The molecule has 6 heteroatoms. The molecule has 0 saturated carbocycles. The van der Waals surface area contributed by atoms with Gasteiger partial charge in [0, 0.05) is 38.3 Å². The van der Waals surface area contributed by atoms with Gasteiger partial charge in [-0.3, -0.25) is 9.58 Å². The highest BCUT2D eigenvalue weighted by Gasteiger charge is 2.26. The van der Waals surface area contributed by atoms with Crippen LogP contribution < -0.4 is 4.90 Å². The summed E-state index contributed by atoms with van der Waals surface area (Å²) in [5.41, 5.74) is 2.42. The molecule has 0 aliphatic carbocycles. The van der Waals surface area contributed by atoms with Crippen molar-refractivity contribution in [1.29, 1.82) is 0 Å². The van der Waals surface area contributed by atoms with Gasteiger partial charge in [-0.05, 0) is 31.9 Å². The third kappa shape index (κ3) is 4.13. The highest BCUT2D eigenvalue weighted by Crippen LogP contribution is 2.28. The van der Waals surface area contributed by atoms with Crippen LogP contribution in [0.5, 0.6) is 0 Å². The van der Waals surface area contributed by atoms with Crippen molar-refractivity contribution in [2.75, 3.05) is 31.2 Å². The van der Waals surface area contributed by atoms with Crippen LogP contribution in [0.3, 0.4) is 0 Å². The first-order chi connectivity index (χ1) is 12.5. The van der Waals surface area contributed by atoms with Crippen LogP contribution in [0.2, 0.25) is 0 Å². The molecule has 2 aromatic heterocycles. The lowest BCUT2D eigenvalue weighted by Crippen LogP contribution is -2.39. The topological polar surface area (TPSA) is 46.7 Å². The van der Waals surface area contributed by atoms with Crippen molar-refractivity contribution in [2.24, 2.45) is 13.0 Å². The fourth-order valence-corrected chi connectivity index (χ4v) is 3.62. The maximum Gasteiger partial charge on any atom is 0.131 e. The molecule has 0 unspecified atom stereocenters. The van der Waals surface area contributed by atoms with Crippen molar-refractivity contribution in [3.63, 3.8) is 0 Å². The van der Waals surface area contributed by atoms with E-state index in [9.17, 15) is 0 Å². The highest BCUT2D eigenvalue weighted by atomic mass is 16.5. The molecule has 1 saturated heterocycles. The van der Waals surface area contributed by atoms with Gasteiger partial charge in [-0.25, -0.2) is 0 Å². The van der Waals surface area contributed by atoms with E-state index in [0.717, 1.165) is 50.8 Å². The van der Waals surface area contributed by atoms with E-state index in [4.69, 9.17) is 14.3 Å². The van der Waals surface area contributed by atoms with Gasteiger partial charge in [-0.2, -0.15) is 5.10 Å². The van der Waals surface area contributed by atoms with Crippen molar-refractivity contribution in [3.8, 4) is 0 Å². The Labute approximate surface area is 156 Å². The molecular weight excluding hydrogens is 328 g/mol. The van der Waals surface area contributed by atoms with Crippen molar-refractivity contribution >= 4 is 5.82 Å². The molecular formula is C20H32N4O2. The van der Waals surface area contributed by atoms with E-state index in [-0.39, 0.29) is 0 Å². The molecule has 144 valence electrons. The molecule has 6 nitrogen and oxygen atoms in total. The first-order valence-corrected chi connectivity index (χ1v) is 9.59. The molecule has 0 amide bonds. The second-order valence-electron chi connectivity index (χ2n) is 7.58. The van der Waals surface area contributed by atoms with Crippen molar-refractivity contribution in [3.05, 3.63) is 35.4 Å². The number of rotatable bonds is 7. The van der Waals surface area contributed by atoms with Gasteiger partial charge in [0.15, 0.2) is 0 Å². The molecule has 3 heterocycles. The van der Waals surface area contributed by atoms with Gasteiger partial charge >= 0.3 is 0 Å². The summed E-state index contributed by atoms with van der Waals surface area (Å²) in [6, 6.07) is 4.46. The molecule has 2 aromatic rings. The summed E-state index contributed by atoms with van der Waals surface area (Å²) in [6.45, 7) is 14.0. The van der Waals surface area contributed by atoms with Crippen LogP contribution in [-0.2, 0) is 24.9 Å². The summed E-state index contributed by atoms with van der Waals surface area (Å²) in [4.78, 5) is 4.90. The number of hydrogen-bond acceptors (Lipinski definition) is 5. The Kier molecular flexibility index (Phi) is 6.04. The molecule has 0 radical (unpaired) electrons. The SMILES string of the molecule is Cc1nn(C)c(N2CCOCC2)c1CN(Cc1ccco1)[C@@H](C)C(C)C. The maximum atomic E-state index is 5.62. The second-order valence-corrected chi connectivity index (χ2v) is 7.58. The summed E-state index contributed by atoms with van der Waals surface area (Å²) >= 11 is 0. The lowest BCUT2D eigenvalue weighted by atomic mass is 10.0. The van der Waals surface area contributed by atoms with Gasteiger partial charge in [0.25, 0.3) is 0 Å². The first kappa shape index (κ1) is 19.0. The summed E-state index contributed by atoms with van der Waals surface area (Å²) < 4.78 is 13.2. The largest absolute Gasteiger partial charge is 0.468 e. The van der Waals surface area contributed by atoms with Crippen molar-refractivity contribution < 1.29 is 9.15 Å². The quantitative estimate of drug-likeness (QED) is 0.759. The van der Waals surface area contributed by atoms with Gasteiger partial charge < -0.3 is 14.1 Å².